The van der Waals surface area contributed by atoms with E-state index < -0.39 is 12.0 Å². The highest BCUT2D eigenvalue weighted by Crippen LogP contribution is 2.31. The maximum atomic E-state index is 13.5. The monoisotopic (exact) mass is 644 g/mol. The van der Waals surface area contributed by atoms with Gasteiger partial charge in [-0.2, -0.15) is 0 Å². The highest BCUT2D eigenvalue weighted by atomic mass is 127. The number of thioether (sulfide) groups is 1. The van der Waals surface area contributed by atoms with Crippen LogP contribution in [0.15, 0.2) is 65.2 Å². The van der Waals surface area contributed by atoms with E-state index >= 15 is 0 Å². The van der Waals surface area contributed by atoms with Crippen molar-refractivity contribution in [1.29, 1.82) is 0 Å². The molecule has 3 heterocycles. The van der Waals surface area contributed by atoms with Crippen LogP contribution in [0.1, 0.15) is 31.2 Å². The molecule has 0 fully saturated rings. The molecule has 2 aromatic heterocycles. The quantitative estimate of drug-likeness (QED) is 0.233. The lowest BCUT2D eigenvalue weighted by Crippen LogP contribution is -2.39. The molecule has 1 aromatic carbocycles. The summed E-state index contributed by atoms with van der Waals surface area (Å²) in [5.74, 6) is 0.0974. The van der Waals surface area contributed by atoms with E-state index in [1.165, 1.54) is 11.3 Å². The molecule has 0 saturated heterocycles. The minimum Gasteiger partial charge on any atom is -0.463 e. The van der Waals surface area contributed by atoms with Crippen LogP contribution in [-0.2, 0) is 9.53 Å². The lowest BCUT2D eigenvalue weighted by atomic mass is 9.96. The van der Waals surface area contributed by atoms with Gasteiger partial charge in [-0.1, -0.05) is 23.5 Å². The smallest absolute Gasteiger partial charge is 0.338 e. The fraction of sp³-hybridized carbons (Fsp3) is 0.227. The Morgan fingerprint density at radius 3 is 2.72 bits per heavy atom. The lowest BCUT2D eigenvalue weighted by molar-refractivity contribution is -0.139. The number of allylic oxidation sites excluding steroid dienone is 1. The number of thiazole rings is 1. The summed E-state index contributed by atoms with van der Waals surface area (Å²) in [6.45, 7) is 3.77. The van der Waals surface area contributed by atoms with E-state index in [1.807, 2.05) is 36.6 Å². The van der Waals surface area contributed by atoms with Crippen molar-refractivity contribution >= 4 is 73.7 Å². The van der Waals surface area contributed by atoms with Gasteiger partial charge in [0.25, 0.3) is 5.56 Å². The number of benzene rings is 1. The zero-order valence-corrected chi connectivity index (χ0v) is 22.7. The molecular weight excluding hydrogens is 627 g/mol. The Labute approximate surface area is 214 Å². The summed E-state index contributed by atoms with van der Waals surface area (Å²) < 4.78 is 14.6. The van der Waals surface area contributed by atoms with E-state index in [0.717, 1.165) is 14.9 Å². The molecule has 1 atom stereocenters. The molecule has 10 heteroatoms. The first-order valence-electron chi connectivity index (χ1n) is 9.62. The van der Waals surface area contributed by atoms with Gasteiger partial charge in [-0.05, 0) is 59.8 Å². The Morgan fingerprint density at radius 2 is 2.12 bits per heavy atom. The molecule has 0 bridgehead atoms. The summed E-state index contributed by atoms with van der Waals surface area (Å²) >= 11 is 8.40. The van der Waals surface area contributed by atoms with E-state index in [2.05, 4.69) is 43.5 Å². The molecule has 32 heavy (non-hydrogen) atoms. The van der Waals surface area contributed by atoms with Gasteiger partial charge in [0.15, 0.2) is 8.57 Å². The van der Waals surface area contributed by atoms with Crippen LogP contribution < -0.4 is 14.9 Å². The largest absolute Gasteiger partial charge is 0.463 e. The molecule has 1 aliphatic heterocycles. The molecule has 0 unspecified atom stereocenters. The zero-order chi connectivity index (χ0) is 23.0. The van der Waals surface area contributed by atoms with Gasteiger partial charge < -0.3 is 9.15 Å². The summed E-state index contributed by atoms with van der Waals surface area (Å²) in [6, 6.07) is 9.04. The third-order valence-corrected chi connectivity index (χ3v) is 8.74. The SMILES string of the molecule is CCOC(=O)C1=C(C)N=c2s/c(=C/c3cc(Br)c(I)o3)c(=O)n2[C@@H]1c1ccc(SC)cc1. The third kappa shape index (κ3) is 4.42. The van der Waals surface area contributed by atoms with E-state index in [1.54, 1.807) is 36.3 Å². The average molecular weight is 645 g/mol. The van der Waals surface area contributed by atoms with Gasteiger partial charge in [-0.15, -0.1) is 11.8 Å². The minimum absolute atomic E-state index is 0.232. The van der Waals surface area contributed by atoms with Crippen LogP contribution in [0, 0.1) is 3.77 Å². The average Bonchev–Trinajstić information content (AvgIpc) is 3.25. The first-order valence-corrected chi connectivity index (χ1v) is 13.5. The van der Waals surface area contributed by atoms with Gasteiger partial charge in [-0.25, -0.2) is 9.79 Å². The normalized spacial score (nSPS) is 16.2. The van der Waals surface area contributed by atoms with Crippen LogP contribution in [0.3, 0.4) is 0 Å². The second kappa shape index (κ2) is 9.70. The summed E-state index contributed by atoms with van der Waals surface area (Å²) in [7, 11) is 0. The number of furan rings is 1. The Kier molecular flexibility index (Phi) is 7.13. The van der Waals surface area contributed by atoms with Gasteiger partial charge in [0.05, 0.1) is 32.9 Å². The summed E-state index contributed by atoms with van der Waals surface area (Å²) in [5, 5.41) is 0. The number of nitrogens with zero attached hydrogens (tertiary/aromatic N) is 2. The number of aromatic nitrogens is 1. The first kappa shape index (κ1) is 23.5. The minimum atomic E-state index is -0.619. The van der Waals surface area contributed by atoms with Crippen molar-refractivity contribution in [3.63, 3.8) is 0 Å². The van der Waals surface area contributed by atoms with Crippen LogP contribution >= 0.6 is 61.6 Å². The number of hydrogen-bond donors (Lipinski definition) is 0. The number of hydrogen-bond acceptors (Lipinski definition) is 7. The number of esters is 1. The Balaban J connectivity index is 1.94. The highest BCUT2D eigenvalue weighted by Gasteiger charge is 2.33. The molecule has 0 radical (unpaired) electrons. The van der Waals surface area contributed by atoms with E-state index in [4.69, 9.17) is 9.15 Å². The molecule has 0 amide bonds. The summed E-state index contributed by atoms with van der Waals surface area (Å²) in [4.78, 5) is 32.6. The number of carbonyl (C=O) groups is 1. The molecule has 0 aliphatic carbocycles. The summed E-state index contributed by atoms with van der Waals surface area (Å²) in [6.07, 6.45) is 3.70. The van der Waals surface area contributed by atoms with Crippen molar-refractivity contribution in [2.75, 3.05) is 12.9 Å². The molecule has 3 aromatic rings. The van der Waals surface area contributed by atoms with E-state index in [-0.39, 0.29) is 12.2 Å². The number of carbonyl (C=O) groups excluding carboxylic acids is 1. The van der Waals surface area contributed by atoms with Crippen molar-refractivity contribution in [2.45, 2.75) is 24.8 Å². The molecular formula is C22H18BrIN2O4S2. The lowest BCUT2D eigenvalue weighted by Gasteiger charge is -2.24. The number of ether oxygens (including phenoxy) is 1. The fourth-order valence-electron chi connectivity index (χ4n) is 3.46. The molecule has 4 rings (SSSR count). The zero-order valence-electron chi connectivity index (χ0n) is 17.3. The predicted octanol–water partition coefficient (Wildman–Crippen LogP) is 4.48. The van der Waals surface area contributed by atoms with Crippen LogP contribution in [0.5, 0.6) is 0 Å². The highest BCUT2D eigenvalue weighted by molar-refractivity contribution is 14.1. The topological polar surface area (TPSA) is 73.8 Å². The molecule has 0 spiro atoms. The first-order chi connectivity index (χ1) is 15.3. The van der Waals surface area contributed by atoms with E-state index in [9.17, 15) is 9.59 Å². The second-order valence-electron chi connectivity index (χ2n) is 6.85. The molecule has 0 N–H and O–H groups in total. The van der Waals surface area contributed by atoms with Crippen LogP contribution in [0.25, 0.3) is 6.08 Å². The molecule has 6 nitrogen and oxygen atoms in total. The summed E-state index contributed by atoms with van der Waals surface area (Å²) in [5.41, 5.74) is 1.51. The maximum absolute atomic E-state index is 13.5. The Bertz CT molecular complexity index is 1380. The standard InChI is InChI=1S/C22H18BrIN2O4S2/c1-4-29-21(28)17-11(2)25-22-26(18(17)12-5-7-14(31-3)8-6-12)20(27)16(32-22)10-13-9-15(23)19(24)30-13/h5-10,18H,4H2,1-3H3/b16-10+/t18-/m1/s1. The molecule has 1 aliphatic rings. The van der Waals surface area contributed by atoms with Crippen molar-refractivity contribution in [2.24, 2.45) is 4.99 Å². The van der Waals surface area contributed by atoms with Crippen molar-refractivity contribution in [3.8, 4) is 0 Å². The van der Waals surface area contributed by atoms with Crippen molar-refractivity contribution in [1.82, 2.24) is 4.57 Å². The Hall–Kier alpha value is -1.63. The molecule has 166 valence electrons. The maximum Gasteiger partial charge on any atom is 0.338 e. The van der Waals surface area contributed by atoms with Crippen LogP contribution in [-0.4, -0.2) is 23.4 Å². The second-order valence-corrected chi connectivity index (χ2v) is 10.6. The van der Waals surface area contributed by atoms with Crippen molar-refractivity contribution < 1.29 is 13.9 Å². The van der Waals surface area contributed by atoms with Gasteiger partial charge in [0, 0.05) is 33.6 Å². The van der Waals surface area contributed by atoms with Crippen LogP contribution in [0.4, 0.5) is 0 Å². The third-order valence-electron chi connectivity index (χ3n) is 4.89. The van der Waals surface area contributed by atoms with Gasteiger partial charge in [-0.3, -0.25) is 9.36 Å². The number of halogens is 2. The van der Waals surface area contributed by atoms with E-state index in [0.29, 0.717) is 30.1 Å². The number of fused-ring (bicyclic) bond motifs is 1. The van der Waals surface area contributed by atoms with Gasteiger partial charge in [0.1, 0.15) is 5.76 Å². The molecule has 0 saturated carbocycles. The fourth-order valence-corrected chi connectivity index (χ4v) is 5.61. The predicted molar refractivity (Wildman–Crippen MR) is 138 cm³/mol. The van der Waals surface area contributed by atoms with Crippen LogP contribution in [0.2, 0.25) is 0 Å². The van der Waals surface area contributed by atoms with Gasteiger partial charge in [0.2, 0.25) is 0 Å². The Morgan fingerprint density at radius 1 is 1.41 bits per heavy atom. The van der Waals surface area contributed by atoms with Gasteiger partial charge >= 0.3 is 5.97 Å². The number of rotatable bonds is 5. The van der Waals surface area contributed by atoms with Crippen molar-refractivity contribution in [3.05, 3.63) is 80.9 Å².